The Balaban J connectivity index is 1.73. The van der Waals surface area contributed by atoms with Crippen molar-refractivity contribution in [2.75, 3.05) is 0 Å². The standard InChI is InChI=1S/C24H24N2O/c1-17(2)14-23-20(16-26(25-23)21-9-4-3-5-10-21)15-19-13-12-18-8-6-7-11-22(18)24(19)27/h3-11,15-17H,12-14H2,1-2H3/b19-15+. The van der Waals surface area contributed by atoms with E-state index in [9.17, 15) is 4.79 Å². The molecule has 0 bridgehead atoms. The van der Waals surface area contributed by atoms with Crippen molar-refractivity contribution < 1.29 is 4.79 Å². The van der Waals surface area contributed by atoms with Crippen LogP contribution in [-0.2, 0) is 12.8 Å². The summed E-state index contributed by atoms with van der Waals surface area (Å²) in [6, 6.07) is 18.1. The smallest absolute Gasteiger partial charge is 0.189 e. The van der Waals surface area contributed by atoms with Crippen LogP contribution in [0.2, 0.25) is 0 Å². The summed E-state index contributed by atoms with van der Waals surface area (Å²) < 4.78 is 1.92. The van der Waals surface area contributed by atoms with E-state index < -0.39 is 0 Å². The summed E-state index contributed by atoms with van der Waals surface area (Å²) in [5.41, 5.74) is 6.01. The lowest BCUT2D eigenvalue weighted by molar-refractivity contribution is 0.102. The van der Waals surface area contributed by atoms with E-state index >= 15 is 0 Å². The summed E-state index contributed by atoms with van der Waals surface area (Å²) in [4.78, 5) is 12.9. The van der Waals surface area contributed by atoms with Crippen LogP contribution in [0, 0.1) is 5.92 Å². The summed E-state index contributed by atoms with van der Waals surface area (Å²) in [7, 11) is 0. The monoisotopic (exact) mass is 356 g/mol. The van der Waals surface area contributed by atoms with Crippen LogP contribution in [0.1, 0.15) is 47.4 Å². The molecule has 3 nitrogen and oxygen atoms in total. The van der Waals surface area contributed by atoms with E-state index in [2.05, 4.69) is 26.0 Å². The molecule has 1 heterocycles. The minimum absolute atomic E-state index is 0.153. The van der Waals surface area contributed by atoms with Crippen molar-refractivity contribution in [3.63, 3.8) is 0 Å². The van der Waals surface area contributed by atoms with E-state index in [4.69, 9.17) is 5.10 Å². The summed E-state index contributed by atoms with van der Waals surface area (Å²) >= 11 is 0. The second-order valence-electron chi connectivity index (χ2n) is 7.57. The van der Waals surface area contributed by atoms with Gasteiger partial charge in [0.05, 0.1) is 11.4 Å². The molecule has 2 aromatic carbocycles. The Kier molecular flexibility index (Phi) is 4.76. The largest absolute Gasteiger partial charge is 0.289 e. The number of nitrogens with zero attached hydrogens (tertiary/aromatic N) is 2. The number of hydrogen-bond donors (Lipinski definition) is 0. The summed E-state index contributed by atoms with van der Waals surface area (Å²) in [6.07, 6.45) is 6.70. The fraction of sp³-hybridized carbons (Fsp3) is 0.250. The number of para-hydroxylation sites is 1. The number of allylic oxidation sites excluding steroid dienone is 1. The Hall–Kier alpha value is -2.94. The van der Waals surface area contributed by atoms with Crippen molar-refractivity contribution in [3.8, 4) is 5.69 Å². The Bertz CT molecular complexity index is 996. The number of Topliss-reactive ketones (excluding diaryl/α,β-unsaturated/α-hetero) is 1. The highest BCUT2D eigenvalue weighted by Crippen LogP contribution is 2.28. The molecule has 1 aliphatic carbocycles. The minimum Gasteiger partial charge on any atom is -0.289 e. The van der Waals surface area contributed by atoms with Gasteiger partial charge in [-0.3, -0.25) is 4.79 Å². The highest BCUT2D eigenvalue weighted by molar-refractivity contribution is 6.13. The molecule has 1 aromatic heterocycles. The molecule has 0 fully saturated rings. The van der Waals surface area contributed by atoms with E-state index in [0.29, 0.717) is 5.92 Å². The van der Waals surface area contributed by atoms with Crippen molar-refractivity contribution in [3.05, 3.63) is 88.8 Å². The average molecular weight is 356 g/mol. The van der Waals surface area contributed by atoms with Crippen molar-refractivity contribution in [2.45, 2.75) is 33.1 Å². The lowest BCUT2D eigenvalue weighted by Gasteiger charge is -2.17. The summed E-state index contributed by atoms with van der Waals surface area (Å²) in [5.74, 6) is 0.656. The summed E-state index contributed by atoms with van der Waals surface area (Å²) in [5, 5.41) is 4.82. The molecule has 0 radical (unpaired) electrons. The first kappa shape index (κ1) is 17.5. The normalized spacial score (nSPS) is 15.4. The fourth-order valence-electron chi connectivity index (χ4n) is 3.64. The zero-order valence-electron chi connectivity index (χ0n) is 15.9. The quantitative estimate of drug-likeness (QED) is 0.596. The minimum atomic E-state index is 0.153. The molecule has 4 rings (SSSR count). The zero-order chi connectivity index (χ0) is 18.8. The van der Waals surface area contributed by atoms with Crippen LogP contribution in [0.25, 0.3) is 11.8 Å². The summed E-state index contributed by atoms with van der Waals surface area (Å²) in [6.45, 7) is 4.39. The molecule has 0 unspecified atom stereocenters. The molecule has 3 heteroatoms. The van der Waals surface area contributed by atoms with Crippen LogP contribution < -0.4 is 0 Å². The molecule has 0 saturated heterocycles. The van der Waals surface area contributed by atoms with E-state index in [1.54, 1.807) is 0 Å². The van der Waals surface area contributed by atoms with Gasteiger partial charge in [-0.2, -0.15) is 5.10 Å². The highest BCUT2D eigenvalue weighted by atomic mass is 16.1. The molecule has 0 amide bonds. The van der Waals surface area contributed by atoms with Crippen LogP contribution in [0.4, 0.5) is 0 Å². The molecule has 0 spiro atoms. The topological polar surface area (TPSA) is 34.9 Å². The zero-order valence-corrected chi connectivity index (χ0v) is 15.9. The number of ketones is 1. The fourth-order valence-corrected chi connectivity index (χ4v) is 3.64. The van der Waals surface area contributed by atoms with Crippen LogP contribution in [0.3, 0.4) is 0 Å². The average Bonchev–Trinajstić information content (AvgIpc) is 3.07. The molecule has 0 N–H and O–H groups in total. The molecule has 0 aliphatic heterocycles. The van der Waals surface area contributed by atoms with Crippen molar-refractivity contribution >= 4 is 11.9 Å². The molecule has 3 aromatic rings. The van der Waals surface area contributed by atoms with Crippen molar-refractivity contribution in [1.82, 2.24) is 9.78 Å². The number of carbonyl (C=O) groups is 1. The van der Waals surface area contributed by atoms with Gasteiger partial charge < -0.3 is 0 Å². The molecular weight excluding hydrogens is 332 g/mol. The lowest BCUT2D eigenvalue weighted by atomic mass is 9.86. The number of rotatable bonds is 4. The van der Waals surface area contributed by atoms with E-state index in [1.165, 1.54) is 0 Å². The lowest BCUT2D eigenvalue weighted by Crippen LogP contribution is -2.13. The number of hydrogen-bond acceptors (Lipinski definition) is 2. The Morgan fingerprint density at radius 3 is 2.56 bits per heavy atom. The first-order chi connectivity index (χ1) is 13.1. The highest BCUT2D eigenvalue weighted by Gasteiger charge is 2.22. The van der Waals surface area contributed by atoms with Gasteiger partial charge in [-0.15, -0.1) is 0 Å². The van der Waals surface area contributed by atoms with Gasteiger partial charge >= 0.3 is 0 Å². The number of aromatic nitrogens is 2. The first-order valence-corrected chi connectivity index (χ1v) is 9.59. The number of carbonyl (C=O) groups excluding carboxylic acids is 1. The Morgan fingerprint density at radius 1 is 1.04 bits per heavy atom. The Labute approximate surface area is 160 Å². The predicted molar refractivity (Wildman–Crippen MR) is 109 cm³/mol. The second kappa shape index (κ2) is 7.36. The molecule has 27 heavy (non-hydrogen) atoms. The van der Waals surface area contributed by atoms with Crippen LogP contribution in [0.15, 0.2) is 66.4 Å². The van der Waals surface area contributed by atoms with Gasteiger partial charge in [0.2, 0.25) is 0 Å². The van der Waals surface area contributed by atoms with Crippen molar-refractivity contribution in [2.24, 2.45) is 5.92 Å². The third-order valence-corrected chi connectivity index (χ3v) is 4.99. The number of aryl methyl sites for hydroxylation is 1. The van der Waals surface area contributed by atoms with E-state index in [0.717, 1.165) is 52.9 Å². The van der Waals surface area contributed by atoms with E-state index in [1.807, 2.05) is 59.4 Å². The maximum absolute atomic E-state index is 12.9. The molecule has 0 atom stereocenters. The Morgan fingerprint density at radius 2 is 1.78 bits per heavy atom. The maximum atomic E-state index is 12.9. The van der Waals surface area contributed by atoms with Crippen molar-refractivity contribution in [1.29, 1.82) is 0 Å². The number of benzene rings is 2. The predicted octanol–water partition coefficient (Wildman–Crippen LogP) is 5.28. The third-order valence-electron chi connectivity index (χ3n) is 4.99. The second-order valence-corrected chi connectivity index (χ2v) is 7.57. The van der Waals surface area contributed by atoms with Crippen LogP contribution in [-0.4, -0.2) is 15.6 Å². The maximum Gasteiger partial charge on any atom is 0.189 e. The first-order valence-electron chi connectivity index (χ1n) is 9.59. The number of fused-ring (bicyclic) bond motifs is 1. The van der Waals surface area contributed by atoms with Gasteiger partial charge in [0.25, 0.3) is 0 Å². The molecule has 136 valence electrons. The van der Waals surface area contributed by atoms with Gasteiger partial charge in [-0.1, -0.05) is 56.3 Å². The van der Waals surface area contributed by atoms with E-state index in [-0.39, 0.29) is 5.78 Å². The van der Waals surface area contributed by atoms with Gasteiger partial charge in [0.1, 0.15) is 0 Å². The SMILES string of the molecule is CC(C)Cc1nn(-c2ccccc2)cc1/C=C1\CCc2ccccc2C1=O. The van der Waals surface area contributed by atoms with Crippen LogP contribution in [0.5, 0.6) is 0 Å². The molecular formula is C24H24N2O. The molecule has 1 aliphatic rings. The van der Waals surface area contributed by atoms with Gasteiger partial charge in [0.15, 0.2) is 5.78 Å². The van der Waals surface area contributed by atoms with Gasteiger partial charge in [0, 0.05) is 22.9 Å². The van der Waals surface area contributed by atoms with Crippen LogP contribution >= 0.6 is 0 Å². The van der Waals surface area contributed by atoms with Gasteiger partial charge in [-0.25, -0.2) is 4.68 Å². The third kappa shape index (κ3) is 3.63. The molecule has 0 saturated carbocycles. The van der Waals surface area contributed by atoms with Gasteiger partial charge in [-0.05, 0) is 49.0 Å².